The summed E-state index contributed by atoms with van der Waals surface area (Å²) >= 11 is 0. The van der Waals surface area contributed by atoms with Crippen molar-refractivity contribution in [2.24, 2.45) is 5.10 Å². The topological polar surface area (TPSA) is 91.6 Å². The standard InChI is InChI=1S/C10H8F3N3O3S/c1-20(17,18)19-9(10(11,12)13)16-15-8-4-2-3-7(5-8)6-14/h2-5,15H,1H3/b16-9-. The minimum atomic E-state index is -5.08. The molecule has 0 amide bonds. The van der Waals surface area contributed by atoms with Gasteiger partial charge in [0.05, 0.1) is 23.6 Å². The molecular formula is C10H8F3N3O3S. The van der Waals surface area contributed by atoms with E-state index in [0.717, 1.165) is 0 Å². The normalized spacial score (nSPS) is 12.7. The molecule has 0 unspecified atom stereocenters. The van der Waals surface area contributed by atoms with Gasteiger partial charge in [-0.2, -0.15) is 26.9 Å². The number of hydrogen-bond donors (Lipinski definition) is 1. The van der Waals surface area contributed by atoms with Gasteiger partial charge in [-0.15, -0.1) is 5.10 Å². The van der Waals surface area contributed by atoms with E-state index >= 15 is 0 Å². The van der Waals surface area contributed by atoms with E-state index in [2.05, 4.69) is 9.28 Å². The van der Waals surface area contributed by atoms with E-state index in [1.54, 1.807) is 6.07 Å². The summed E-state index contributed by atoms with van der Waals surface area (Å²) < 4.78 is 62.7. The molecule has 0 aliphatic carbocycles. The van der Waals surface area contributed by atoms with Gasteiger partial charge < -0.3 is 4.18 Å². The van der Waals surface area contributed by atoms with Crippen molar-refractivity contribution in [2.45, 2.75) is 6.18 Å². The molecule has 0 heterocycles. The Hall–Kier alpha value is -2.28. The lowest BCUT2D eigenvalue weighted by molar-refractivity contribution is -0.0707. The van der Waals surface area contributed by atoms with Crippen LogP contribution in [0.5, 0.6) is 0 Å². The van der Waals surface area contributed by atoms with Gasteiger partial charge in [0.1, 0.15) is 0 Å². The third-order valence-corrected chi connectivity index (χ3v) is 2.21. The molecule has 0 saturated heterocycles. The largest absolute Gasteiger partial charge is 0.471 e. The zero-order chi connectivity index (χ0) is 15.4. The average molecular weight is 307 g/mol. The summed E-state index contributed by atoms with van der Waals surface area (Å²) in [5.41, 5.74) is 2.25. The predicted molar refractivity (Wildman–Crippen MR) is 64.2 cm³/mol. The number of rotatable bonds is 3. The van der Waals surface area contributed by atoms with E-state index in [1.165, 1.54) is 24.3 Å². The van der Waals surface area contributed by atoms with Gasteiger partial charge in [0, 0.05) is 0 Å². The van der Waals surface area contributed by atoms with Crippen LogP contribution in [0.15, 0.2) is 29.4 Å². The first kappa shape index (κ1) is 15.8. The Balaban J connectivity index is 3.00. The maximum absolute atomic E-state index is 12.5. The van der Waals surface area contributed by atoms with Crippen LogP contribution in [0.1, 0.15) is 5.56 Å². The van der Waals surface area contributed by atoms with Crippen LogP contribution in [0.25, 0.3) is 0 Å². The number of nitrogens with zero attached hydrogens (tertiary/aromatic N) is 2. The second kappa shape index (κ2) is 5.79. The number of hydrazone groups is 1. The Morgan fingerprint density at radius 1 is 1.45 bits per heavy atom. The van der Waals surface area contributed by atoms with Crippen LogP contribution in [0.3, 0.4) is 0 Å². The van der Waals surface area contributed by atoms with Gasteiger partial charge in [0.15, 0.2) is 0 Å². The molecule has 1 aromatic rings. The van der Waals surface area contributed by atoms with Gasteiger partial charge in [0.2, 0.25) is 0 Å². The summed E-state index contributed by atoms with van der Waals surface area (Å²) in [4.78, 5) is 0. The molecule has 0 bridgehead atoms. The van der Waals surface area contributed by atoms with Crippen LogP contribution in [-0.2, 0) is 14.3 Å². The number of nitrogens with one attached hydrogen (secondary N) is 1. The van der Waals surface area contributed by atoms with Crippen LogP contribution in [0, 0.1) is 11.3 Å². The van der Waals surface area contributed by atoms with Gasteiger partial charge in [-0.25, -0.2) is 0 Å². The first-order valence-electron chi connectivity index (χ1n) is 4.92. The number of halogens is 3. The van der Waals surface area contributed by atoms with Gasteiger partial charge in [-0.3, -0.25) is 5.43 Å². The van der Waals surface area contributed by atoms with Crippen LogP contribution in [0.2, 0.25) is 0 Å². The number of benzene rings is 1. The molecule has 20 heavy (non-hydrogen) atoms. The molecule has 1 aromatic carbocycles. The van der Waals surface area contributed by atoms with Crippen LogP contribution >= 0.6 is 0 Å². The molecule has 1 N–H and O–H groups in total. The van der Waals surface area contributed by atoms with Crippen molar-refractivity contribution >= 4 is 21.7 Å². The molecule has 10 heteroatoms. The molecule has 6 nitrogen and oxygen atoms in total. The lowest BCUT2D eigenvalue weighted by Crippen LogP contribution is -2.29. The molecule has 0 aromatic heterocycles. The minimum absolute atomic E-state index is 0.0721. The molecule has 0 aliphatic heterocycles. The second-order valence-electron chi connectivity index (χ2n) is 3.51. The third kappa shape index (κ3) is 5.15. The Labute approximate surface area is 112 Å². The van der Waals surface area contributed by atoms with Crippen LogP contribution in [-0.4, -0.2) is 26.7 Å². The first-order chi connectivity index (χ1) is 9.12. The van der Waals surface area contributed by atoms with Gasteiger partial charge in [0.25, 0.3) is 0 Å². The summed E-state index contributed by atoms with van der Waals surface area (Å²) in [6.07, 6.45) is -4.62. The second-order valence-corrected chi connectivity index (χ2v) is 5.08. The number of hydrogen-bond acceptors (Lipinski definition) is 6. The molecular weight excluding hydrogens is 299 g/mol. The molecule has 0 saturated carbocycles. The minimum Gasteiger partial charge on any atom is -0.355 e. The highest BCUT2D eigenvalue weighted by molar-refractivity contribution is 7.86. The molecule has 108 valence electrons. The molecule has 0 fully saturated rings. The van der Waals surface area contributed by atoms with Gasteiger partial charge >= 0.3 is 22.2 Å². The molecule has 0 aliphatic rings. The maximum Gasteiger partial charge on any atom is 0.471 e. The highest BCUT2D eigenvalue weighted by Crippen LogP contribution is 2.20. The maximum atomic E-state index is 12.5. The fraction of sp³-hybridized carbons (Fsp3) is 0.200. The van der Waals surface area contributed by atoms with E-state index in [0.29, 0.717) is 6.26 Å². The summed E-state index contributed by atoms with van der Waals surface area (Å²) in [6, 6.07) is 7.22. The fourth-order valence-corrected chi connectivity index (χ4v) is 1.46. The van der Waals surface area contributed by atoms with Crippen molar-refractivity contribution in [2.75, 3.05) is 11.7 Å². The summed E-state index contributed by atoms with van der Waals surface area (Å²) in [6.45, 7) is 0. The Morgan fingerprint density at radius 2 is 2.10 bits per heavy atom. The van der Waals surface area contributed by atoms with E-state index in [-0.39, 0.29) is 11.3 Å². The molecule has 0 radical (unpaired) electrons. The highest BCUT2D eigenvalue weighted by Gasteiger charge is 2.41. The van der Waals surface area contributed by atoms with Crippen molar-refractivity contribution in [3.63, 3.8) is 0 Å². The summed E-state index contributed by atoms with van der Waals surface area (Å²) in [5.74, 6) is -1.96. The van der Waals surface area contributed by atoms with Crippen molar-refractivity contribution in [1.82, 2.24) is 0 Å². The number of alkyl halides is 3. The first-order valence-corrected chi connectivity index (χ1v) is 6.74. The zero-order valence-corrected chi connectivity index (χ0v) is 10.8. The van der Waals surface area contributed by atoms with Crippen molar-refractivity contribution in [3.05, 3.63) is 29.8 Å². The summed E-state index contributed by atoms with van der Waals surface area (Å²) in [7, 11) is -4.37. The number of nitriles is 1. The van der Waals surface area contributed by atoms with E-state index in [9.17, 15) is 21.6 Å². The average Bonchev–Trinajstić information content (AvgIpc) is 2.32. The Bertz CT molecular complexity index is 662. The van der Waals surface area contributed by atoms with Crippen molar-refractivity contribution in [1.29, 1.82) is 5.26 Å². The molecule has 1 rings (SSSR count). The lowest BCUT2D eigenvalue weighted by atomic mass is 10.2. The van der Waals surface area contributed by atoms with Gasteiger partial charge in [-0.05, 0) is 18.2 Å². The predicted octanol–water partition coefficient (Wildman–Crippen LogP) is 1.82. The Morgan fingerprint density at radius 3 is 2.60 bits per heavy atom. The fourth-order valence-electron chi connectivity index (χ4n) is 1.05. The SMILES string of the molecule is CS(=O)(=O)O/C(=N\Nc1cccc(C#N)c1)C(F)(F)F. The van der Waals surface area contributed by atoms with E-state index in [1.807, 2.05) is 5.43 Å². The lowest BCUT2D eigenvalue weighted by Gasteiger charge is -2.10. The zero-order valence-electron chi connectivity index (χ0n) is 9.97. The number of anilines is 1. The van der Waals surface area contributed by atoms with Gasteiger partial charge in [-0.1, -0.05) is 6.07 Å². The van der Waals surface area contributed by atoms with Crippen molar-refractivity contribution < 1.29 is 25.8 Å². The van der Waals surface area contributed by atoms with Crippen LogP contribution < -0.4 is 5.43 Å². The van der Waals surface area contributed by atoms with E-state index < -0.39 is 22.2 Å². The van der Waals surface area contributed by atoms with Crippen LogP contribution in [0.4, 0.5) is 18.9 Å². The molecule has 0 atom stereocenters. The van der Waals surface area contributed by atoms with E-state index in [4.69, 9.17) is 5.26 Å². The highest BCUT2D eigenvalue weighted by atomic mass is 32.2. The summed E-state index contributed by atoms with van der Waals surface area (Å²) in [5, 5.41) is 11.5. The monoisotopic (exact) mass is 307 g/mol. The third-order valence-electron chi connectivity index (χ3n) is 1.75. The smallest absolute Gasteiger partial charge is 0.355 e. The Kier molecular flexibility index (Phi) is 4.57. The molecule has 0 spiro atoms. The van der Waals surface area contributed by atoms with Crippen molar-refractivity contribution in [3.8, 4) is 6.07 Å². The quantitative estimate of drug-likeness (QED) is 0.398.